The standard InChI is InChI=1S/C27H40O/c1-20(2)10-8-12-22(5)14-16-25-18-24(7)26(27(28)19-25)17-15-23(6)13-9-11-21(3)4/h10-11,14-15,18-19,28H,8-9,12-13,16-17H2,1-7H3/b22-14+,23-15+. The fourth-order valence-electron chi connectivity index (χ4n) is 3.20. The van der Waals surface area contributed by atoms with Crippen molar-refractivity contribution < 1.29 is 5.11 Å². The van der Waals surface area contributed by atoms with Gasteiger partial charge in [-0.15, -0.1) is 0 Å². The predicted octanol–water partition coefficient (Wildman–Crippen LogP) is 8.17. The summed E-state index contributed by atoms with van der Waals surface area (Å²) in [6, 6.07) is 4.16. The maximum atomic E-state index is 10.5. The molecule has 154 valence electrons. The fraction of sp³-hybridized carbons (Fsp3) is 0.481. The lowest BCUT2D eigenvalue weighted by Crippen LogP contribution is -1.93. The van der Waals surface area contributed by atoms with Crippen molar-refractivity contribution in [2.24, 2.45) is 0 Å². The molecule has 1 rings (SSSR count). The van der Waals surface area contributed by atoms with Crippen LogP contribution in [-0.4, -0.2) is 5.11 Å². The van der Waals surface area contributed by atoms with Crippen LogP contribution in [0.2, 0.25) is 0 Å². The third-order valence-corrected chi connectivity index (χ3v) is 5.03. The average molecular weight is 381 g/mol. The second-order valence-corrected chi connectivity index (χ2v) is 8.56. The first-order valence-corrected chi connectivity index (χ1v) is 10.6. The first-order valence-electron chi connectivity index (χ1n) is 10.6. The van der Waals surface area contributed by atoms with E-state index in [2.05, 4.69) is 78.8 Å². The summed E-state index contributed by atoms with van der Waals surface area (Å²) in [5.41, 5.74) is 8.96. The summed E-state index contributed by atoms with van der Waals surface area (Å²) in [5.74, 6) is 0.430. The van der Waals surface area contributed by atoms with Gasteiger partial charge in [0, 0.05) is 5.56 Å². The third-order valence-electron chi connectivity index (χ3n) is 5.03. The number of allylic oxidation sites excluding steroid dienone is 8. The van der Waals surface area contributed by atoms with Crippen molar-refractivity contribution in [1.29, 1.82) is 0 Å². The highest BCUT2D eigenvalue weighted by Crippen LogP contribution is 2.25. The highest BCUT2D eigenvalue weighted by molar-refractivity contribution is 5.44. The molecule has 0 radical (unpaired) electrons. The molecule has 0 aromatic heterocycles. The Balaban J connectivity index is 2.71. The van der Waals surface area contributed by atoms with Gasteiger partial charge in [-0.3, -0.25) is 0 Å². The summed E-state index contributed by atoms with van der Waals surface area (Å²) >= 11 is 0. The second kappa shape index (κ2) is 12.4. The van der Waals surface area contributed by atoms with Crippen molar-refractivity contribution in [3.63, 3.8) is 0 Å². The highest BCUT2D eigenvalue weighted by Gasteiger charge is 2.06. The van der Waals surface area contributed by atoms with E-state index in [-0.39, 0.29) is 0 Å². The van der Waals surface area contributed by atoms with Gasteiger partial charge in [0.15, 0.2) is 0 Å². The number of aryl methyl sites for hydroxylation is 1. The first-order chi connectivity index (χ1) is 13.2. The van der Waals surface area contributed by atoms with Gasteiger partial charge in [0.2, 0.25) is 0 Å². The predicted molar refractivity (Wildman–Crippen MR) is 125 cm³/mol. The number of phenolic OH excluding ortho intramolecular Hbond substituents is 1. The Morgan fingerprint density at radius 1 is 0.750 bits per heavy atom. The van der Waals surface area contributed by atoms with E-state index in [1.807, 2.05) is 6.07 Å². The molecule has 0 spiro atoms. The molecule has 0 fully saturated rings. The van der Waals surface area contributed by atoms with Gasteiger partial charge in [-0.05, 0) is 104 Å². The number of hydrogen-bond donors (Lipinski definition) is 1. The van der Waals surface area contributed by atoms with Crippen LogP contribution in [0, 0.1) is 6.92 Å². The Bertz CT molecular complexity index is 725. The van der Waals surface area contributed by atoms with Crippen LogP contribution in [-0.2, 0) is 12.8 Å². The number of benzene rings is 1. The Labute approximate surface area is 173 Å². The zero-order valence-corrected chi connectivity index (χ0v) is 19.2. The van der Waals surface area contributed by atoms with Gasteiger partial charge in [-0.1, -0.05) is 52.7 Å². The van der Waals surface area contributed by atoms with Crippen molar-refractivity contribution in [3.05, 3.63) is 75.4 Å². The molecule has 28 heavy (non-hydrogen) atoms. The van der Waals surface area contributed by atoms with Crippen LogP contribution in [0.15, 0.2) is 58.7 Å². The van der Waals surface area contributed by atoms with Crippen LogP contribution in [0.4, 0.5) is 0 Å². The van der Waals surface area contributed by atoms with Gasteiger partial charge in [-0.2, -0.15) is 0 Å². The lowest BCUT2D eigenvalue weighted by molar-refractivity contribution is 0.468. The molecule has 0 aliphatic rings. The molecule has 1 nitrogen and oxygen atoms in total. The van der Waals surface area contributed by atoms with Crippen LogP contribution in [0.1, 0.15) is 83.9 Å². The summed E-state index contributed by atoms with van der Waals surface area (Å²) in [6.45, 7) is 15.1. The smallest absolute Gasteiger partial charge is 0.119 e. The third kappa shape index (κ3) is 9.78. The van der Waals surface area contributed by atoms with E-state index >= 15 is 0 Å². The zero-order chi connectivity index (χ0) is 21.1. The maximum absolute atomic E-state index is 10.5. The van der Waals surface area contributed by atoms with Crippen molar-refractivity contribution in [1.82, 2.24) is 0 Å². The quantitative estimate of drug-likeness (QED) is 0.406. The molecular formula is C27H40O. The topological polar surface area (TPSA) is 20.2 Å². The van der Waals surface area contributed by atoms with Gasteiger partial charge in [0.25, 0.3) is 0 Å². The Kier molecular flexibility index (Phi) is 10.7. The van der Waals surface area contributed by atoms with Crippen LogP contribution in [0.3, 0.4) is 0 Å². The van der Waals surface area contributed by atoms with E-state index in [1.54, 1.807) is 0 Å². The summed E-state index contributed by atoms with van der Waals surface area (Å²) in [6.07, 6.45) is 15.2. The molecule has 0 bridgehead atoms. The minimum Gasteiger partial charge on any atom is -0.508 e. The Hall–Kier alpha value is -2.02. The van der Waals surface area contributed by atoms with E-state index in [0.717, 1.165) is 44.1 Å². The average Bonchev–Trinajstić information content (AvgIpc) is 2.58. The van der Waals surface area contributed by atoms with Crippen molar-refractivity contribution in [2.75, 3.05) is 0 Å². The maximum Gasteiger partial charge on any atom is 0.119 e. The minimum atomic E-state index is 0.430. The molecule has 0 unspecified atom stereocenters. The fourth-order valence-corrected chi connectivity index (χ4v) is 3.20. The molecule has 1 heteroatoms. The van der Waals surface area contributed by atoms with E-state index in [4.69, 9.17) is 0 Å². The van der Waals surface area contributed by atoms with E-state index in [0.29, 0.717) is 5.75 Å². The molecular weight excluding hydrogens is 340 g/mol. The van der Waals surface area contributed by atoms with Gasteiger partial charge >= 0.3 is 0 Å². The van der Waals surface area contributed by atoms with E-state index in [9.17, 15) is 5.11 Å². The molecule has 0 atom stereocenters. The molecule has 0 heterocycles. The Morgan fingerprint density at radius 3 is 1.71 bits per heavy atom. The lowest BCUT2D eigenvalue weighted by atomic mass is 9.97. The normalized spacial score (nSPS) is 12.1. The summed E-state index contributed by atoms with van der Waals surface area (Å²) in [7, 11) is 0. The molecule has 1 aromatic carbocycles. The summed E-state index contributed by atoms with van der Waals surface area (Å²) in [5, 5.41) is 10.5. The zero-order valence-electron chi connectivity index (χ0n) is 19.2. The van der Waals surface area contributed by atoms with Crippen molar-refractivity contribution in [3.8, 4) is 5.75 Å². The SMILES string of the molecule is CC(C)=CCC/C(C)=C/Cc1cc(C)c(C/C=C(\C)CCC=C(C)C)c(O)c1. The Morgan fingerprint density at radius 2 is 1.25 bits per heavy atom. The molecule has 0 aliphatic carbocycles. The van der Waals surface area contributed by atoms with Crippen LogP contribution < -0.4 is 0 Å². The molecule has 1 N–H and O–H groups in total. The molecule has 0 aliphatic heterocycles. The van der Waals surface area contributed by atoms with Crippen LogP contribution >= 0.6 is 0 Å². The van der Waals surface area contributed by atoms with E-state index < -0.39 is 0 Å². The van der Waals surface area contributed by atoms with Crippen molar-refractivity contribution >= 4 is 0 Å². The highest BCUT2D eigenvalue weighted by atomic mass is 16.3. The monoisotopic (exact) mass is 380 g/mol. The molecule has 0 amide bonds. The molecule has 0 saturated carbocycles. The van der Waals surface area contributed by atoms with Gasteiger partial charge in [0.05, 0.1) is 0 Å². The van der Waals surface area contributed by atoms with Gasteiger partial charge in [-0.25, -0.2) is 0 Å². The minimum absolute atomic E-state index is 0.430. The van der Waals surface area contributed by atoms with Gasteiger partial charge < -0.3 is 5.11 Å². The second-order valence-electron chi connectivity index (χ2n) is 8.56. The number of aromatic hydroxyl groups is 1. The van der Waals surface area contributed by atoms with Crippen LogP contribution in [0.25, 0.3) is 0 Å². The number of rotatable bonds is 10. The number of hydrogen-bond acceptors (Lipinski definition) is 1. The van der Waals surface area contributed by atoms with E-state index in [1.165, 1.54) is 33.4 Å². The lowest BCUT2D eigenvalue weighted by Gasteiger charge is -2.10. The molecule has 1 aromatic rings. The molecule has 0 saturated heterocycles. The first kappa shape index (κ1) is 24.0. The summed E-state index contributed by atoms with van der Waals surface area (Å²) in [4.78, 5) is 0. The van der Waals surface area contributed by atoms with Crippen molar-refractivity contribution in [2.45, 2.75) is 87.0 Å². The van der Waals surface area contributed by atoms with Gasteiger partial charge in [0.1, 0.15) is 5.75 Å². The van der Waals surface area contributed by atoms with Crippen LogP contribution in [0.5, 0.6) is 5.75 Å². The summed E-state index contributed by atoms with van der Waals surface area (Å²) < 4.78 is 0. The largest absolute Gasteiger partial charge is 0.508 e. The number of phenols is 1.